The minimum atomic E-state index is -6.85. The number of rotatable bonds is 6. The summed E-state index contributed by atoms with van der Waals surface area (Å²) in [4.78, 5) is 0. The Balaban J connectivity index is 2.18. The molecule has 0 saturated carbocycles. The van der Waals surface area contributed by atoms with Crippen molar-refractivity contribution in [2.24, 2.45) is 0 Å². The maximum Gasteiger partial charge on any atom is 0.498 e. The van der Waals surface area contributed by atoms with Crippen molar-refractivity contribution in [2.45, 2.75) is 28.9 Å². The molecule has 4 aromatic carbocycles. The molecule has 13 heteroatoms. The number of benzene rings is 4. The van der Waals surface area contributed by atoms with Crippen LogP contribution >= 0.6 is 0 Å². The Labute approximate surface area is 219 Å². The Bertz CT molecular complexity index is 1730. The molecule has 0 aromatic heterocycles. The highest BCUT2D eigenvalue weighted by Gasteiger charge is 2.62. The number of alkyl halides is 6. The summed E-state index contributed by atoms with van der Waals surface area (Å²) in [6.07, 6.45) is -1.60. The summed E-state index contributed by atoms with van der Waals surface area (Å²) in [6.45, 7) is 1.76. The lowest BCUT2D eigenvalue weighted by Crippen LogP contribution is -2.46. The van der Waals surface area contributed by atoms with Crippen LogP contribution < -0.4 is 4.74 Å². The Morgan fingerprint density at radius 1 is 0.718 bits per heavy atom. The second kappa shape index (κ2) is 9.70. The zero-order chi connectivity index (χ0) is 29.0. The molecular weight excluding hydrogens is 570 g/mol. The number of aryl methyl sites for hydroxylation is 1. The highest BCUT2D eigenvalue weighted by Crippen LogP contribution is 2.44. The van der Waals surface area contributed by atoms with Crippen molar-refractivity contribution in [1.29, 1.82) is 0 Å². The molecule has 0 amide bonds. The molecule has 0 N–H and O–H groups in total. The van der Waals surface area contributed by atoms with E-state index < -0.39 is 41.7 Å². The normalized spacial score (nSPS) is 13.4. The van der Waals surface area contributed by atoms with Gasteiger partial charge in [-0.15, -0.1) is 0 Å². The first kappa shape index (κ1) is 28.7. The fourth-order valence-corrected chi connectivity index (χ4v) is 8.00. The van der Waals surface area contributed by atoms with Crippen molar-refractivity contribution in [3.05, 3.63) is 77.9 Å². The molecule has 4 rings (SSSR count). The summed E-state index contributed by atoms with van der Waals surface area (Å²) in [6, 6.07) is 17.0. The molecule has 0 aliphatic carbocycles. The van der Waals surface area contributed by atoms with Gasteiger partial charge >= 0.3 is 11.0 Å². The van der Waals surface area contributed by atoms with E-state index in [0.29, 0.717) is 27.5 Å². The molecule has 0 bridgehead atoms. The summed E-state index contributed by atoms with van der Waals surface area (Å²) in [7, 11) is -12.3. The molecular formula is C26H20F6O5S2. The van der Waals surface area contributed by atoms with E-state index in [4.69, 9.17) is 4.74 Å². The first-order chi connectivity index (χ1) is 18.0. The van der Waals surface area contributed by atoms with Gasteiger partial charge in [-0.05, 0) is 62.9 Å². The zero-order valence-corrected chi connectivity index (χ0v) is 21.9. The molecule has 4 aromatic rings. The Kier molecular flexibility index (Phi) is 7.13. The average Bonchev–Trinajstić information content (AvgIpc) is 2.85. The van der Waals surface area contributed by atoms with Crippen LogP contribution in [0.1, 0.15) is 11.1 Å². The summed E-state index contributed by atoms with van der Waals surface area (Å²) in [5.74, 6) is 0.402. The van der Waals surface area contributed by atoms with E-state index in [9.17, 15) is 43.2 Å². The molecule has 0 radical (unpaired) electrons. The minimum absolute atomic E-state index is 0.106. The number of ether oxygens (including phenoxy) is 1. The van der Waals surface area contributed by atoms with E-state index in [0.717, 1.165) is 5.56 Å². The van der Waals surface area contributed by atoms with Gasteiger partial charge in [-0.3, -0.25) is 0 Å². The average molecular weight is 591 g/mol. The number of halogens is 6. The zero-order valence-electron chi connectivity index (χ0n) is 20.3. The molecule has 5 nitrogen and oxygen atoms in total. The van der Waals surface area contributed by atoms with Crippen molar-refractivity contribution in [3.63, 3.8) is 0 Å². The number of fused-ring (bicyclic) bond motifs is 3. The van der Waals surface area contributed by atoms with Gasteiger partial charge in [0.1, 0.15) is 5.75 Å². The van der Waals surface area contributed by atoms with Gasteiger partial charge in [-0.25, -0.2) is 16.8 Å². The lowest BCUT2D eigenvalue weighted by Gasteiger charge is -2.24. The predicted octanol–water partition coefficient (Wildman–Crippen LogP) is 6.71. The van der Waals surface area contributed by atoms with E-state index in [1.807, 2.05) is 0 Å². The molecule has 208 valence electrons. The van der Waals surface area contributed by atoms with E-state index in [2.05, 4.69) is 0 Å². The fraction of sp³-hybridized carbons (Fsp3) is 0.231. The van der Waals surface area contributed by atoms with Crippen LogP contribution in [0.15, 0.2) is 66.7 Å². The molecule has 0 atom stereocenters. The van der Waals surface area contributed by atoms with Gasteiger partial charge in [0.15, 0.2) is 4.58 Å². The smallest absolute Gasteiger partial charge is 0.497 e. The van der Waals surface area contributed by atoms with E-state index in [1.165, 1.54) is 43.5 Å². The standard InChI is InChI=1S/C26H20F6O5S2/c1-15-6-5-9-20-23(15)19-8-4-3-7-18(19)21(24(20)16-10-12-17(37-2)13-11-16)14-22(38(33,34)25(27,28)29)39(35,36)26(30,31)32/h3-13,22H,14H2,1-2H3. The van der Waals surface area contributed by atoms with Crippen molar-refractivity contribution in [1.82, 2.24) is 0 Å². The summed E-state index contributed by atoms with van der Waals surface area (Å²) in [5, 5.41) is 1.54. The van der Waals surface area contributed by atoms with Crippen molar-refractivity contribution >= 4 is 41.2 Å². The highest BCUT2D eigenvalue weighted by atomic mass is 32.3. The van der Waals surface area contributed by atoms with Crippen LogP contribution in [-0.4, -0.2) is 39.5 Å². The number of hydrogen-bond donors (Lipinski definition) is 0. The lowest BCUT2D eigenvalue weighted by molar-refractivity contribution is -0.0471. The largest absolute Gasteiger partial charge is 0.498 e. The summed E-state index contributed by atoms with van der Waals surface area (Å²) >= 11 is 0. The third kappa shape index (κ3) is 4.82. The van der Waals surface area contributed by atoms with Crippen LogP contribution in [0.3, 0.4) is 0 Å². The van der Waals surface area contributed by atoms with Gasteiger partial charge in [-0.2, -0.15) is 26.3 Å². The molecule has 39 heavy (non-hydrogen) atoms. The Hall–Kier alpha value is -3.32. The molecule has 0 spiro atoms. The maximum absolute atomic E-state index is 13.6. The Morgan fingerprint density at radius 2 is 1.23 bits per heavy atom. The maximum atomic E-state index is 13.6. The quantitative estimate of drug-likeness (QED) is 0.184. The van der Waals surface area contributed by atoms with Crippen LogP contribution in [0.25, 0.3) is 32.7 Å². The van der Waals surface area contributed by atoms with Crippen LogP contribution in [0.4, 0.5) is 26.3 Å². The van der Waals surface area contributed by atoms with Gasteiger partial charge in [0.25, 0.3) is 19.7 Å². The third-order valence-corrected chi connectivity index (χ3v) is 11.0. The third-order valence-electron chi connectivity index (χ3n) is 6.45. The van der Waals surface area contributed by atoms with Crippen LogP contribution in [0, 0.1) is 6.92 Å². The van der Waals surface area contributed by atoms with Gasteiger partial charge in [0, 0.05) is 6.42 Å². The number of sulfone groups is 2. The van der Waals surface area contributed by atoms with Crippen molar-refractivity contribution in [2.75, 3.05) is 7.11 Å². The SMILES string of the molecule is COc1ccc(-c2c(CC(S(=O)(=O)C(F)(F)F)S(=O)(=O)C(F)(F)F)c3ccccc3c3c(C)cccc23)cc1. The summed E-state index contributed by atoms with van der Waals surface area (Å²) in [5.41, 5.74) is -11.7. The van der Waals surface area contributed by atoms with E-state index >= 15 is 0 Å². The second-order valence-corrected chi connectivity index (χ2v) is 13.3. The molecule has 0 heterocycles. The van der Waals surface area contributed by atoms with Crippen molar-refractivity contribution in [3.8, 4) is 16.9 Å². The fourth-order valence-electron chi connectivity index (χ4n) is 4.65. The van der Waals surface area contributed by atoms with Gasteiger partial charge < -0.3 is 4.74 Å². The summed E-state index contributed by atoms with van der Waals surface area (Å²) < 4.78 is 133. The first-order valence-corrected chi connectivity index (χ1v) is 14.3. The van der Waals surface area contributed by atoms with Crippen molar-refractivity contribution < 1.29 is 47.9 Å². The van der Waals surface area contributed by atoms with E-state index in [-0.39, 0.29) is 16.5 Å². The molecule has 0 fully saturated rings. The van der Waals surface area contributed by atoms with Gasteiger partial charge in [0.2, 0.25) is 0 Å². The van der Waals surface area contributed by atoms with Gasteiger partial charge in [-0.1, -0.05) is 54.6 Å². The molecule has 0 aliphatic heterocycles. The first-order valence-electron chi connectivity index (χ1n) is 11.2. The predicted molar refractivity (Wildman–Crippen MR) is 136 cm³/mol. The Morgan fingerprint density at radius 3 is 1.74 bits per heavy atom. The lowest BCUT2D eigenvalue weighted by atomic mass is 9.85. The number of hydrogen-bond acceptors (Lipinski definition) is 5. The van der Waals surface area contributed by atoms with Crippen LogP contribution in [0.5, 0.6) is 5.75 Å². The van der Waals surface area contributed by atoms with E-state index in [1.54, 1.807) is 37.3 Å². The highest BCUT2D eigenvalue weighted by molar-refractivity contribution is 8.09. The molecule has 0 aliphatic rings. The monoisotopic (exact) mass is 590 g/mol. The second-order valence-electron chi connectivity index (χ2n) is 8.74. The van der Waals surface area contributed by atoms with Crippen LogP contribution in [-0.2, 0) is 26.1 Å². The minimum Gasteiger partial charge on any atom is -0.497 e. The van der Waals surface area contributed by atoms with Gasteiger partial charge in [0.05, 0.1) is 7.11 Å². The molecule has 0 saturated heterocycles. The topological polar surface area (TPSA) is 77.5 Å². The van der Waals surface area contributed by atoms with Crippen LogP contribution in [0.2, 0.25) is 0 Å². The number of methoxy groups -OCH3 is 1. The molecule has 0 unspecified atom stereocenters.